The van der Waals surface area contributed by atoms with Crippen molar-refractivity contribution in [3.05, 3.63) is 94.3 Å². The van der Waals surface area contributed by atoms with Crippen molar-refractivity contribution in [2.75, 3.05) is 0 Å². The predicted molar refractivity (Wildman–Crippen MR) is 119 cm³/mol. The molecule has 0 bridgehead atoms. The number of hydrogen-bond donors (Lipinski definition) is 0. The molecule has 0 aliphatic carbocycles. The van der Waals surface area contributed by atoms with Crippen molar-refractivity contribution in [1.82, 2.24) is 4.98 Å². The third-order valence-corrected chi connectivity index (χ3v) is 6.56. The van der Waals surface area contributed by atoms with Crippen molar-refractivity contribution in [2.24, 2.45) is 0 Å². The first-order chi connectivity index (χ1) is 13.8. The molecular weight excluding hydrogens is 404 g/mol. The van der Waals surface area contributed by atoms with Crippen LogP contribution < -0.4 is 0 Å². The summed E-state index contributed by atoms with van der Waals surface area (Å²) in [6, 6.07) is 26.2. The number of rotatable bonds is 5. The minimum Gasteiger partial charge on any atom is -0.239 e. The third kappa shape index (κ3) is 3.98. The van der Waals surface area contributed by atoms with Crippen LogP contribution in [0.3, 0.4) is 0 Å². The Bertz CT molecular complexity index is 1130. The number of hydrogen-bond acceptors (Lipinski definition) is 4. The molecule has 0 atom stereocenters. The number of nitriles is 1. The molecule has 4 aromatic rings. The average Bonchev–Trinajstić information content (AvgIpc) is 3.28. The van der Waals surface area contributed by atoms with Crippen molar-refractivity contribution < 1.29 is 0 Å². The third-order valence-electron chi connectivity index (χ3n) is 4.28. The Morgan fingerprint density at radius 1 is 1.00 bits per heavy atom. The van der Waals surface area contributed by atoms with Crippen LogP contribution in [0.1, 0.15) is 11.1 Å². The summed E-state index contributed by atoms with van der Waals surface area (Å²) in [5.74, 6) is 0.656. The van der Waals surface area contributed by atoms with Crippen molar-refractivity contribution in [3.8, 4) is 27.8 Å². The van der Waals surface area contributed by atoms with Gasteiger partial charge in [-0.15, -0.1) is 23.1 Å². The molecule has 136 valence electrons. The van der Waals surface area contributed by atoms with Crippen molar-refractivity contribution in [2.45, 2.75) is 10.8 Å². The van der Waals surface area contributed by atoms with E-state index in [1.165, 1.54) is 0 Å². The molecule has 0 N–H and O–H groups in total. The maximum absolute atomic E-state index is 9.91. The summed E-state index contributed by atoms with van der Waals surface area (Å²) in [5, 5.41) is 13.4. The van der Waals surface area contributed by atoms with Gasteiger partial charge in [0.05, 0.1) is 16.1 Å². The van der Waals surface area contributed by atoms with Gasteiger partial charge >= 0.3 is 0 Å². The fourth-order valence-electron chi connectivity index (χ4n) is 2.89. The van der Waals surface area contributed by atoms with E-state index in [-0.39, 0.29) is 0 Å². The maximum Gasteiger partial charge on any atom is 0.116 e. The SMILES string of the molecule is N#Cc1c(-c2ccccc2)cc(-c2cccs2)nc1SCc1ccccc1Cl. The highest BCUT2D eigenvalue weighted by Gasteiger charge is 2.16. The second-order valence-corrected chi connectivity index (χ2v) is 8.39. The van der Waals surface area contributed by atoms with Gasteiger partial charge in [-0.1, -0.05) is 66.2 Å². The Labute approximate surface area is 177 Å². The highest BCUT2D eigenvalue weighted by Crippen LogP contribution is 2.36. The molecule has 0 fully saturated rings. The molecule has 0 radical (unpaired) electrons. The Kier molecular flexibility index (Phi) is 5.78. The molecule has 0 aliphatic rings. The number of benzene rings is 2. The van der Waals surface area contributed by atoms with E-state index in [0.717, 1.165) is 37.3 Å². The second-order valence-electron chi connectivity index (χ2n) is 6.07. The maximum atomic E-state index is 9.91. The first-order valence-electron chi connectivity index (χ1n) is 8.67. The van der Waals surface area contributed by atoms with Gasteiger partial charge in [0.15, 0.2) is 0 Å². The number of halogens is 1. The standard InChI is InChI=1S/C23H15ClN2S2/c24-20-10-5-4-9-17(20)15-28-23-19(14-25)18(16-7-2-1-3-8-16)13-21(26-23)22-11-6-12-27-22/h1-13H,15H2. The lowest BCUT2D eigenvalue weighted by Gasteiger charge is -2.12. The molecule has 5 heteroatoms. The molecule has 0 amide bonds. The zero-order chi connectivity index (χ0) is 19.3. The summed E-state index contributed by atoms with van der Waals surface area (Å²) >= 11 is 9.50. The van der Waals surface area contributed by atoms with E-state index in [2.05, 4.69) is 12.1 Å². The minimum absolute atomic E-state index is 0.601. The van der Waals surface area contributed by atoms with E-state index < -0.39 is 0 Å². The van der Waals surface area contributed by atoms with Gasteiger partial charge in [0.25, 0.3) is 0 Å². The topological polar surface area (TPSA) is 36.7 Å². The summed E-state index contributed by atoms with van der Waals surface area (Å²) in [6.07, 6.45) is 0. The number of aromatic nitrogens is 1. The molecule has 0 spiro atoms. The zero-order valence-electron chi connectivity index (χ0n) is 14.8. The van der Waals surface area contributed by atoms with Crippen LogP contribution in [-0.4, -0.2) is 4.98 Å². The van der Waals surface area contributed by atoms with Gasteiger partial charge < -0.3 is 0 Å². The van der Waals surface area contributed by atoms with Crippen LogP contribution in [0.4, 0.5) is 0 Å². The van der Waals surface area contributed by atoms with E-state index in [1.54, 1.807) is 23.1 Å². The largest absolute Gasteiger partial charge is 0.239 e. The highest BCUT2D eigenvalue weighted by atomic mass is 35.5. The monoisotopic (exact) mass is 418 g/mol. The van der Waals surface area contributed by atoms with Gasteiger partial charge in [0.2, 0.25) is 0 Å². The van der Waals surface area contributed by atoms with Crippen LogP contribution in [0.2, 0.25) is 5.02 Å². The lowest BCUT2D eigenvalue weighted by atomic mass is 10.0. The molecule has 28 heavy (non-hydrogen) atoms. The molecule has 2 aromatic carbocycles. The molecular formula is C23H15ClN2S2. The van der Waals surface area contributed by atoms with E-state index in [0.29, 0.717) is 11.3 Å². The Balaban J connectivity index is 1.81. The van der Waals surface area contributed by atoms with Crippen molar-refractivity contribution in [3.63, 3.8) is 0 Å². The normalized spacial score (nSPS) is 10.6. The lowest BCUT2D eigenvalue weighted by molar-refractivity contribution is 1.12. The molecule has 0 saturated heterocycles. The lowest BCUT2D eigenvalue weighted by Crippen LogP contribution is -1.95. The van der Waals surface area contributed by atoms with Crippen LogP contribution >= 0.6 is 34.7 Å². The molecule has 2 heterocycles. The van der Waals surface area contributed by atoms with E-state index in [1.807, 2.05) is 72.1 Å². The van der Waals surface area contributed by atoms with Crippen LogP contribution in [0.5, 0.6) is 0 Å². The number of thiophene rings is 1. The van der Waals surface area contributed by atoms with Gasteiger partial charge in [-0.25, -0.2) is 4.98 Å². The fourth-order valence-corrected chi connectivity index (χ4v) is 4.87. The summed E-state index contributed by atoms with van der Waals surface area (Å²) in [7, 11) is 0. The zero-order valence-corrected chi connectivity index (χ0v) is 17.2. The smallest absolute Gasteiger partial charge is 0.116 e. The van der Waals surface area contributed by atoms with E-state index in [4.69, 9.17) is 16.6 Å². The number of nitrogens with zero attached hydrogens (tertiary/aromatic N) is 2. The highest BCUT2D eigenvalue weighted by molar-refractivity contribution is 7.98. The van der Waals surface area contributed by atoms with Gasteiger partial charge in [-0.05, 0) is 34.7 Å². The number of thioether (sulfide) groups is 1. The Morgan fingerprint density at radius 3 is 2.50 bits per heavy atom. The van der Waals surface area contributed by atoms with Crippen LogP contribution in [0, 0.1) is 11.3 Å². The number of pyridine rings is 1. The summed E-state index contributed by atoms with van der Waals surface area (Å²) in [5.41, 5.74) is 4.43. The first-order valence-corrected chi connectivity index (χ1v) is 10.9. The van der Waals surface area contributed by atoms with Crippen LogP contribution in [0.15, 0.2) is 83.2 Å². The second kappa shape index (κ2) is 8.62. The van der Waals surface area contributed by atoms with E-state index in [9.17, 15) is 5.26 Å². The summed E-state index contributed by atoms with van der Waals surface area (Å²) in [4.78, 5) is 5.91. The summed E-state index contributed by atoms with van der Waals surface area (Å²) in [6.45, 7) is 0. The van der Waals surface area contributed by atoms with Crippen molar-refractivity contribution >= 4 is 34.7 Å². The quantitative estimate of drug-likeness (QED) is 0.319. The molecule has 0 aliphatic heterocycles. The minimum atomic E-state index is 0.601. The molecule has 2 nitrogen and oxygen atoms in total. The molecule has 0 unspecified atom stereocenters. The predicted octanol–water partition coefficient (Wildman–Crippen LogP) is 7.29. The summed E-state index contributed by atoms with van der Waals surface area (Å²) < 4.78 is 0. The average molecular weight is 419 g/mol. The van der Waals surface area contributed by atoms with Crippen LogP contribution in [-0.2, 0) is 5.75 Å². The van der Waals surface area contributed by atoms with Gasteiger partial charge in [-0.3, -0.25) is 0 Å². The molecule has 4 rings (SSSR count). The van der Waals surface area contributed by atoms with Gasteiger partial charge in [0.1, 0.15) is 11.1 Å². The Morgan fingerprint density at radius 2 is 1.79 bits per heavy atom. The Hall–Kier alpha value is -2.58. The van der Waals surface area contributed by atoms with Gasteiger partial charge in [-0.2, -0.15) is 5.26 Å². The fraction of sp³-hybridized carbons (Fsp3) is 0.0435. The van der Waals surface area contributed by atoms with Crippen molar-refractivity contribution in [1.29, 1.82) is 5.26 Å². The van der Waals surface area contributed by atoms with Gasteiger partial charge in [0, 0.05) is 16.3 Å². The molecule has 0 saturated carbocycles. The van der Waals surface area contributed by atoms with E-state index >= 15 is 0 Å². The first kappa shape index (κ1) is 18.8. The molecule has 2 aromatic heterocycles. The van der Waals surface area contributed by atoms with Crippen LogP contribution in [0.25, 0.3) is 21.7 Å².